The van der Waals surface area contributed by atoms with Gasteiger partial charge >= 0.3 is 0 Å². The van der Waals surface area contributed by atoms with Gasteiger partial charge in [-0.25, -0.2) is 18.1 Å². The van der Waals surface area contributed by atoms with Gasteiger partial charge in [0.1, 0.15) is 10.7 Å². The molecule has 0 spiro atoms. The average Bonchev–Trinajstić information content (AvgIpc) is 2.98. The van der Waals surface area contributed by atoms with E-state index in [1.165, 1.54) is 17.4 Å². The van der Waals surface area contributed by atoms with E-state index in [4.69, 9.17) is 5.11 Å². The molecule has 9 heteroatoms. The predicted molar refractivity (Wildman–Crippen MR) is 75.4 cm³/mol. The highest BCUT2D eigenvalue weighted by molar-refractivity contribution is 9.11. The minimum atomic E-state index is -3.57. The van der Waals surface area contributed by atoms with Crippen molar-refractivity contribution in [1.82, 2.24) is 14.7 Å². The van der Waals surface area contributed by atoms with Gasteiger partial charge in [0.15, 0.2) is 0 Å². The highest BCUT2D eigenvalue weighted by atomic mass is 79.9. The predicted octanol–water partition coefficient (Wildman–Crippen LogP) is 1.25. The Morgan fingerprint density at radius 1 is 1.53 bits per heavy atom. The van der Waals surface area contributed by atoms with Gasteiger partial charge in [-0.1, -0.05) is 0 Å². The van der Waals surface area contributed by atoms with Crippen molar-refractivity contribution in [2.75, 3.05) is 6.54 Å². The molecule has 0 aliphatic rings. The maximum absolute atomic E-state index is 12.1. The van der Waals surface area contributed by atoms with E-state index in [1.807, 2.05) is 0 Å². The van der Waals surface area contributed by atoms with Crippen molar-refractivity contribution in [3.05, 3.63) is 32.9 Å². The maximum Gasteiger partial charge on any atom is 0.242 e. The van der Waals surface area contributed by atoms with Crippen LogP contribution in [0, 0.1) is 0 Å². The van der Waals surface area contributed by atoms with E-state index in [2.05, 4.69) is 30.6 Å². The fourth-order valence-corrected chi connectivity index (χ4v) is 5.05. The second-order valence-corrected chi connectivity index (χ2v) is 7.88. The first-order valence-corrected chi connectivity index (χ1v) is 8.49. The molecule has 0 saturated heterocycles. The Balaban J connectivity index is 2.03. The lowest BCUT2D eigenvalue weighted by atomic mass is 10.4. The Bertz CT molecular complexity index is 637. The summed E-state index contributed by atoms with van der Waals surface area (Å²) in [4.78, 5) is 7.66. The molecule has 0 saturated carbocycles. The Hall–Kier alpha value is -0.740. The summed E-state index contributed by atoms with van der Waals surface area (Å²) >= 11 is 4.40. The zero-order valence-electron chi connectivity index (χ0n) is 9.76. The third kappa shape index (κ3) is 3.63. The summed E-state index contributed by atoms with van der Waals surface area (Å²) in [6.07, 6.45) is 3.79. The number of H-pyrrole nitrogens is 1. The molecule has 0 atom stereocenters. The molecule has 6 nitrogen and oxygen atoms in total. The topological polar surface area (TPSA) is 95.1 Å². The number of aliphatic hydroxyl groups is 1. The standard InChI is InChI=1S/C10H12BrN3O3S2/c11-10-8(5-7(6-15)18-10)19(16,17)14-2-1-9-12-3-4-13-9/h3-5,14-15H,1-2,6H2,(H,12,13). The monoisotopic (exact) mass is 365 g/mol. The number of aromatic amines is 1. The summed E-state index contributed by atoms with van der Waals surface area (Å²) in [6.45, 7) is 0.0811. The molecule has 0 radical (unpaired) electrons. The molecule has 2 aromatic rings. The molecule has 3 N–H and O–H groups in total. The molecule has 0 aromatic carbocycles. The van der Waals surface area contributed by atoms with Crippen LogP contribution in [-0.4, -0.2) is 30.0 Å². The molecular formula is C10H12BrN3O3S2. The van der Waals surface area contributed by atoms with Crippen LogP contribution in [-0.2, 0) is 23.1 Å². The first-order valence-electron chi connectivity index (χ1n) is 5.40. The summed E-state index contributed by atoms with van der Waals surface area (Å²) in [5, 5.41) is 9.00. The zero-order valence-corrected chi connectivity index (χ0v) is 13.0. The number of nitrogens with zero attached hydrogens (tertiary/aromatic N) is 1. The van der Waals surface area contributed by atoms with E-state index in [0.717, 1.165) is 5.82 Å². The van der Waals surface area contributed by atoms with Gasteiger partial charge in [-0.2, -0.15) is 0 Å². The fourth-order valence-electron chi connectivity index (χ4n) is 1.48. The van der Waals surface area contributed by atoms with Gasteiger partial charge in [-0.15, -0.1) is 11.3 Å². The number of aromatic nitrogens is 2. The number of halogens is 1. The number of sulfonamides is 1. The molecule has 0 fully saturated rings. The van der Waals surface area contributed by atoms with Crippen LogP contribution in [0.1, 0.15) is 10.7 Å². The number of aliphatic hydroxyl groups excluding tert-OH is 1. The molecule has 2 aromatic heterocycles. The summed E-state index contributed by atoms with van der Waals surface area (Å²) in [5.74, 6) is 0.725. The maximum atomic E-state index is 12.1. The lowest BCUT2D eigenvalue weighted by Crippen LogP contribution is -2.26. The van der Waals surface area contributed by atoms with Crippen LogP contribution < -0.4 is 4.72 Å². The molecular weight excluding hydrogens is 354 g/mol. The number of thiophene rings is 1. The lowest BCUT2D eigenvalue weighted by molar-refractivity contribution is 0.285. The lowest BCUT2D eigenvalue weighted by Gasteiger charge is -2.04. The SMILES string of the molecule is O=S(=O)(NCCc1ncc[nH]1)c1cc(CO)sc1Br. The minimum Gasteiger partial charge on any atom is -0.391 e. The van der Waals surface area contributed by atoms with Gasteiger partial charge in [0, 0.05) is 30.2 Å². The van der Waals surface area contributed by atoms with Crippen LogP contribution in [0.25, 0.3) is 0 Å². The summed E-state index contributed by atoms with van der Waals surface area (Å²) in [6, 6.07) is 1.46. The summed E-state index contributed by atoms with van der Waals surface area (Å²) in [7, 11) is -3.57. The van der Waals surface area contributed by atoms with Crippen LogP contribution in [0.2, 0.25) is 0 Å². The summed E-state index contributed by atoms with van der Waals surface area (Å²) < 4.78 is 27.1. The average molecular weight is 366 g/mol. The fraction of sp³-hybridized carbons (Fsp3) is 0.300. The van der Waals surface area contributed by atoms with E-state index in [1.54, 1.807) is 12.4 Å². The number of nitrogens with one attached hydrogen (secondary N) is 2. The molecule has 0 aliphatic heterocycles. The van der Waals surface area contributed by atoms with Gasteiger partial charge in [0.25, 0.3) is 0 Å². The van der Waals surface area contributed by atoms with E-state index in [-0.39, 0.29) is 18.0 Å². The van der Waals surface area contributed by atoms with Crippen LogP contribution in [0.4, 0.5) is 0 Å². The molecule has 0 unspecified atom stereocenters. The van der Waals surface area contributed by atoms with Crippen molar-refractivity contribution in [3.8, 4) is 0 Å². The second kappa shape index (κ2) is 6.14. The van der Waals surface area contributed by atoms with E-state index < -0.39 is 10.0 Å². The smallest absolute Gasteiger partial charge is 0.242 e. The van der Waals surface area contributed by atoms with E-state index in [9.17, 15) is 8.42 Å². The van der Waals surface area contributed by atoms with Crippen LogP contribution in [0.15, 0.2) is 27.1 Å². The highest BCUT2D eigenvalue weighted by Crippen LogP contribution is 2.31. The normalized spacial score (nSPS) is 11.9. The van der Waals surface area contributed by atoms with E-state index >= 15 is 0 Å². The molecule has 2 heterocycles. The largest absolute Gasteiger partial charge is 0.391 e. The molecule has 0 aliphatic carbocycles. The molecule has 0 bridgehead atoms. The number of hydrogen-bond donors (Lipinski definition) is 3. The van der Waals surface area contributed by atoms with E-state index in [0.29, 0.717) is 15.1 Å². The molecule has 19 heavy (non-hydrogen) atoms. The Morgan fingerprint density at radius 3 is 2.89 bits per heavy atom. The van der Waals surface area contributed by atoms with Gasteiger partial charge < -0.3 is 10.1 Å². The first kappa shape index (κ1) is 14.7. The quantitative estimate of drug-likeness (QED) is 0.717. The Morgan fingerprint density at radius 2 is 2.32 bits per heavy atom. The Labute approximate surface area is 123 Å². The molecule has 2 rings (SSSR count). The molecule has 104 valence electrons. The summed E-state index contributed by atoms with van der Waals surface area (Å²) in [5.41, 5.74) is 0. The van der Waals surface area contributed by atoms with Crippen molar-refractivity contribution in [2.45, 2.75) is 17.9 Å². The third-order valence-corrected chi connectivity index (χ3v) is 6.06. The molecule has 0 amide bonds. The highest BCUT2D eigenvalue weighted by Gasteiger charge is 2.20. The Kier molecular flexibility index (Phi) is 4.74. The van der Waals surface area contributed by atoms with Crippen molar-refractivity contribution < 1.29 is 13.5 Å². The van der Waals surface area contributed by atoms with Gasteiger partial charge in [0.05, 0.1) is 10.4 Å². The van der Waals surface area contributed by atoms with Crippen LogP contribution in [0.5, 0.6) is 0 Å². The number of hydrogen-bond acceptors (Lipinski definition) is 5. The van der Waals surface area contributed by atoms with Crippen molar-refractivity contribution in [1.29, 1.82) is 0 Å². The minimum absolute atomic E-state index is 0.154. The first-order chi connectivity index (χ1) is 9.03. The van der Waals surface area contributed by atoms with Crippen LogP contribution in [0.3, 0.4) is 0 Å². The van der Waals surface area contributed by atoms with Crippen molar-refractivity contribution in [2.24, 2.45) is 0 Å². The van der Waals surface area contributed by atoms with Gasteiger partial charge in [-0.3, -0.25) is 0 Å². The third-order valence-electron chi connectivity index (χ3n) is 2.36. The van der Waals surface area contributed by atoms with Gasteiger partial charge in [0.2, 0.25) is 10.0 Å². The van der Waals surface area contributed by atoms with Crippen LogP contribution >= 0.6 is 27.3 Å². The zero-order chi connectivity index (χ0) is 13.9. The second-order valence-electron chi connectivity index (χ2n) is 3.69. The van der Waals surface area contributed by atoms with Gasteiger partial charge in [-0.05, 0) is 22.0 Å². The number of imidazole rings is 1. The van der Waals surface area contributed by atoms with Crippen molar-refractivity contribution in [3.63, 3.8) is 0 Å². The number of rotatable bonds is 6. The van der Waals surface area contributed by atoms with Crippen molar-refractivity contribution >= 4 is 37.3 Å².